The molecule has 0 spiro atoms. The van der Waals surface area contributed by atoms with Crippen molar-refractivity contribution in [2.75, 3.05) is 31.7 Å². The first-order chi connectivity index (χ1) is 9.20. The quantitative estimate of drug-likeness (QED) is 0.458. The fourth-order valence-electron chi connectivity index (χ4n) is 1.91. The Labute approximate surface area is 146 Å². The second kappa shape index (κ2) is 8.84. The molecule has 1 aromatic rings. The van der Waals surface area contributed by atoms with E-state index in [0.29, 0.717) is 17.5 Å². The van der Waals surface area contributed by atoms with Crippen molar-refractivity contribution in [3.05, 3.63) is 28.8 Å². The molecule has 1 saturated heterocycles. The highest BCUT2D eigenvalue weighted by molar-refractivity contribution is 14.0. The Kier molecular flexibility index (Phi) is 7.83. The monoisotopic (exact) mass is 427 g/mol. The maximum Gasteiger partial charge on any atom is 0.191 e. The van der Waals surface area contributed by atoms with Gasteiger partial charge in [0.25, 0.3) is 0 Å². The minimum atomic E-state index is 0. The number of nitrogens with zero attached hydrogens (tertiary/aromatic N) is 2. The second-order valence-corrected chi connectivity index (χ2v) is 5.89. The normalized spacial score (nSPS) is 15.7. The maximum absolute atomic E-state index is 6.02. The number of hydrogen-bond donors (Lipinski definition) is 1. The Balaban J connectivity index is 0.00000200. The lowest BCUT2D eigenvalue weighted by Gasteiger charge is -2.27. The highest BCUT2D eigenvalue weighted by atomic mass is 127. The molecule has 4 nitrogen and oxygen atoms in total. The SMILES string of the molecule is COc1cc(Cl)ccc1CN=C(N)N1CCSCC1.I. The van der Waals surface area contributed by atoms with Gasteiger partial charge in [-0.15, -0.1) is 24.0 Å². The summed E-state index contributed by atoms with van der Waals surface area (Å²) in [7, 11) is 1.63. The van der Waals surface area contributed by atoms with Gasteiger partial charge in [0.05, 0.1) is 13.7 Å². The molecular formula is C13H19ClIN3OS. The predicted octanol–water partition coefficient (Wildman–Crippen LogP) is 2.83. The van der Waals surface area contributed by atoms with Crippen molar-refractivity contribution in [3.8, 4) is 5.75 Å². The summed E-state index contributed by atoms with van der Waals surface area (Å²) in [4.78, 5) is 6.57. The van der Waals surface area contributed by atoms with Crippen LogP contribution in [-0.2, 0) is 6.54 Å². The Morgan fingerprint density at radius 1 is 1.45 bits per heavy atom. The fourth-order valence-corrected chi connectivity index (χ4v) is 2.97. The van der Waals surface area contributed by atoms with Crippen LogP contribution >= 0.6 is 47.3 Å². The van der Waals surface area contributed by atoms with Crippen LogP contribution in [0, 0.1) is 0 Å². The molecule has 1 aliphatic rings. The highest BCUT2D eigenvalue weighted by Gasteiger charge is 2.12. The van der Waals surface area contributed by atoms with Gasteiger partial charge in [-0.2, -0.15) is 11.8 Å². The first kappa shape index (κ1) is 17.7. The molecule has 20 heavy (non-hydrogen) atoms. The van der Waals surface area contributed by atoms with Crippen LogP contribution < -0.4 is 10.5 Å². The Morgan fingerprint density at radius 2 is 2.15 bits per heavy atom. The Morgan fingerprint density at radius 3 is 2.80 bits per heavy atom. The van der Waals surface area contributed by atoms with E-state index in [1.165, 1.54) is 0 Å². The molecule has 7 heteroatoms. The van der Waals surface area contributed by atoms with Gasteiger partial charge in [-0.25, -0.2) is 4.99 Å². The minimum Gasteiger partial charge on any atom is -0.496 e. The molecule has 1 aromatic carbocycles. The molecule has 0 radical (unpaired) electrons. The molecule has 0 aliphatic carbocycles. The van der Waals surface area contributed by atoms with Gasteiger partial charge < -0.3 is 15.4 Å². The van der Waals surface area contributed by atoms with E-state index in [2.05, 4.69) is 9.89 Å². The van der Waals surface area contributed by atoms with Crippen LogP contribution in [0.15, 0.2) is 23.2 Å². The number of aliphatic imine (C=N–C) groups is 1. The van der Waals surface area contributed by atoms with Crippen molar-refractivity contribution in [2.45, 2.75) is 6.54 Å². The third-order valence-corrected chi connectivity index (χ3v) is 4.17. The van der Waals surface area contributed by atoms with Gasteiger partial charge in [0.2, 0.25) is 0 Å². The van der Waals surface area contributed by atoms with Crippen molar-refractivity contribution < 1.29 is 4.74 Å². The van der Waals surface area contributed by atoms with Crippen molar-refractivity contribution in [2.24, 2.45) is 10.7 Å². The summed E-state index contributed by atoms with van der Waals surface area (Å²) in [6, 6.07) is 5.55. The number of guanidine groups is 1. The van der Waals surface area contributed by atoms with E-state index in [1.807, 2.05) is 23.9 Å². The summed E-state index contributed by atoms with van der Waals surface area (Å²) in [5.41, 5.74) is 7.00. The minimum absolute atomic E-state index is 0. The highest BCUT2D eigenvalue weighted by Crippen LogP contribution is 2.23. The van der Waals surface area contributed by atoms with Gasteiger partial charge in [-0.05, 0) is 12.1 Å². The fraction of sp³-hybridized carbons (Fsp3) is 0.462. The first-order valence-corrected chi connectivity index (χ1v) is 7.69. The molecule has 1 aliphatic heterocycles. The Hall–Kier alpha value is -0.340. The van der Waals surface area contributed by atoms with E-state index in [9.17, 15) is 0 Å². The number of nitrogens with two attached hydrogens (primary N) is 1. The van der Waals surface area contributed by atoms with Crippen molar-refractivity contribution in [1.29, 1.82) is 0 Å². The number of thioether (sulfide) groups is 1. The molecule has 0 amide bonds. The molecule has 0 bridgehead atoms. The standard InChI is InChI=1S/C13H18ClN3OS.HI/c1-18-12-8-11(14)3-2-10(12)9-16-13(15)17-4-6-19-7-5-17;/h2-3,8H,4-7,9H2,1H3,(H2,15,16);1H. The molecule has 112 valence electrons. The molecule has 0 unspecified atom stereocenters. The van der Waals surface area contributed by atoms with Crippen molar-refractivity contribution in [1.82, 2.24) is 4.90 Å². The van der Waals surface area contributed by atoms with Crippen LogP contribution in [0.2, 0.25) is 5.02 Å². The number of halogens is 2. The third kappa shape index (κ3) is 4.89. The van der Waals surface area contributed by atoms with E-state index >= 15 is 0 Å². The van der Waals surface area contributed by atoms with Crippen LogP contribution in [0.5, 0.6) is 5.75 Å². The number of rotatable bonds is 3. The van der Waals surface area contributed by atoms with Crippen LogP contribution in [-0.4, -0.2) is 42.6 Å². The van der Waals surface area contributed by atoms with Crippen molar-refractivity contribution >= 4 is 53.3 Å². The summed E-state index contributed by atoms with van der Waals surface area (Å²) in [6.45, 7) is 2.45. The summed E-state index contributed by atoms with van der Waals surface area (Å²) in [5, 5.41) is 0.658. The molecule has 0 atom stereocenters. The van der Waals surface area contributed by atoms with Crippen LogP contribution in [0.25, 0.3) is 0 Å². The maximum atomic E-state index is 6.02. The van der Waals surface area contributed by atoms with Gasteiger partial charge in [0.15, 0.2) is 5.96 Å². The molecule has 1 fully saturated rings. The van der Waals surface area contributed by atoms with Gasteiger partial charge in [-0.3, -0.25) is 0 Å². The smallest absolute Gasteiger partial charge is 0.191 e. The lowest BCUT2D eigenvalue weighted by Crippen LogP contribution is -2.42. The number of methoxy groups -OCH3 is 1. The number of ether oxygens (including phenoxy) is 1. The molecule has 2 rings (SSSR count). The number of benzene rings is 1. The second-order valence-electron chi connectivity index (χ2n) is 4.23. The van der Waals surface area contributed by atoms with Crippen LogP contribution in [0.4, 0.5) is 0 Å². The average Bonchev–Trinajstić information content (AvgIpc) is 2.46. The summed E-state index contributed by atoms with van der Waals surface area (Å²) in [5.74, 6) is 3.58. The zero-order valence-corrected chi connectivity index (χ0v) is 15.2. The zero-order valence-electron chi connectivity index (χ0n) is 11.3. The van der Waals surface area contributed by atoms with Gasteiger partial charge in [0, 0.05) is 35.2 Å². The van der Waals surface area contributed by atoms with E-state index in [1.54, 1.807) is 13.2 Å². The Bertz CT molecular complexity index is 467. The third-order valence-electron chi connectivity index (χ3n) is 3.00. The molecular weight excluding hydrogens is 409 g/mol. The molecule has 0 aromatic heterocycles. The van der Waals surface area contributed by atoms with E-state index < -0.39 is 0 Å². The van der Waals surface area contributed by atoms with Gasteiger partial charge >= 0.3 is 0 Å². The summed E-state index contributed by atoms with van der Waals surface area (Å²) >= 11 is 7.88. The van der Waals surface area contributed by atoms with Crippen molar-refractivity contribution in [3.63, 3.8) is 0 Å². The largest absolute Gasteiger partial charge is 0.496 e. The predicted molar refractivity (Wildman–Crippen MR) is 97.6 cm³/mol. The number of hydrogen-bond acceptors (Lipinski definition) is 3. The van der Waals surface area contributed by atoms with E-state index in [4.69, 9.17) is 22.1 Å². The lowest BCUT2D eigenvalue weighted by atomic mass is 10.2. The van der Waals surface area contributed by atoms with Gasteiger partial charge in [0.1, 0.15) is 5.75 Å². The van der Waals surface area contributed by atoms with E-state index in [0.717, 1.165) is 35.9 Å². The van der Waals surface area contributed by atoms with Crippen LogP contribution in [0.1, 0.15) is 5.56 Å². The summed E-state index contributed by atoms with van der Waals surface area (Å²) < 4.78 is 5.29. The van der Waals surface area contributed by atoms with Crippen LogP contribution in [0.3, 0.4) is 0 Å². The lowest BCUT2D eigenvalue weighted by molar-refractivity contribution is 0.409. The average molecular weight is 428 g/mol. The topological polar surface area (TPSA) is 50.9 Å². The molecule has 2 N–H and O–H groups in total. The van der Waals surface area contributed by atoms with E-state index in [-0.39, 0.29) is 24.0 Å². The van der Waals surface area contributed by atoms with Gasteiger partial charge in [-0.1, -0.05) is 17.7 Å². The zero-order chi connectivity index (χ0) is 13.7. The molecule has 0 saturated carbocycles. The first-order valence-electron chi connectivity index (χ1n) is 6.15. The summed E-state index contributed by atoms with van der Waals surface area (Å²) in [6.07, 6.45) is 0. The molecule has 1 heterocycles.